The average molecular weight is 298 g/mol. The Morgan fingerprint density at radius 2 is 1.55 bits per heavy atom. The van der Waals surface area contributed by atoms with E-state index in [-0.39, 0.29) is 5.82 Å². The van der Waals surface area contributed by atoms with Crippen molar-refractivity contribution in [2.45, 2.75) is 19.4 Å². The Labute approximate surface area is 132 Å². The molecule has 1 unspecified atom stereocenters. The number of rotatable bonds is 4. The molecule has 3 heteroatoms. The van der Waals surface area contributed by atoms with Crippen LogP contribution in [0.1, 0.15) is 12.5 Å². The van der Waals surface area contributed by atoms with Gasteiger partial charge in [0, 0.05) is 37.9 Å². The lowest BCUT2D eigenvalue weighted by atomic mass is 10.1. The topological polar surface area (TPSA) is 6.48 Å². The smallest absolute Gasteiger partial charge is 0.123 e. The lowest BCUT2D eigenvalue weighted by molar-refractivity contribution is 0.196. The zero-order valence-corrected chi connectivity index (χ0v) is 13.1. The maximum Gasteiger partial charge on any atom is 0.123 e. The first kappa shape index (κ1) is 15.0. The van der Waals surface area contributed by atoms with Crippen LogP contribution in [0, 0.1) is 5.82 Å². The van der Waals surface area contributed by atoms with E-state index in [1.807, 2.05) is 12.1 Å². The number of hydrogen-bond donors (Lipinski definition) is 0. The van der Waals surface area contributed by atoms with Crippen LogP contribution in [-0.4, -0.2) is 37.1 Å². The molecular weight excluding hydrogens is 275 g/mol. The van der Waals surface area contributed by atoms with Crippen LogP contribution in [0.4, 0.5) is 10.1 Å². The van der Waals surface area contributed by atoms with Gasteiger partial charge in [0.1, 0.15) is 5.82 Å². The fraction of sp³-hybridized carbons (Fsp3) is 0.368. The van der Waals surface area contributed by atoms with E-state index in [0.29, 0.717) is 6.04 Å². The highest BCUT2D eigenvalue weighted by Gasteiger charge is 2.21. The number of piperazine rings is 1. The van der Waals surface area contributed by atoms with Gasteiger partial charge in [-0.3, -0.25) is 4.90 Å². The molecule has 116 valence electrons. The van der Waals surface area contributed by atoms with Crippen molar-refractivity contribution in [3.8, 4) is 0 Å². The second kappa shape index (κ2) is 6.93. The van der Waals surface area contributed by atoms with Crippen molar-refractivity contribution < 1.29 is 4.39 Å². The summed E-state index contributed by atoms with van der Waals surface area (Å²) < 4.78 is 13.0. The molecule has 1 fully saturated rings. The molecule has 1 saturated heterocycles. The van der Waals surface area contributed by atoms with E-state index in [4.69, 9.17) is 0 Å². The molecule has 3 rings (SSSR count). The molecule has 0 saturated carbocycles. The van der Waals surface area contributed by atoms with Crippen LogP contribution >= 0.6 is 0 Å². The summed E-state index contributed by atoms with van der Waals surface area (Å²) in [4.78, 5) is 4.98. The first-order chi connectivity index (χ1) is 10.7. The Bertz CT molecular complexity index is 574. The third-order valence-corrected chi connectivity index (χ3v) is 4.50. The van der Waals surface area contributed by atoms with Crippen molar-refractivity contribution in [1.29, 1.82) is 0 Å². The highest BCUT2D eigenvalue weighted by molar-refractivity contribution is 5.46. The molecule has 22 heavy (non-hydrogen) atoms. The van der Waals surface area contributed by atoms with E-state index >= 15 is 0 Å². The predicted octanol–water partition coefficient (Wildman–Crippen LogP) is 3.58. The molecule has 0 spiro atoms. The van der Waals surface area contributed by atoms with Gasteiger partial charge in [-0.2, -0.15) is 0 Å². The van der Waals surface area contributed by atoms with Crippen LogP contribution in [0.5, 0.6) is 0 Å². The van der Waals surface area contributed by atoms with E-state index in [9.17, 15) is 4.39 Å². The monoisotopic (exact) mass is 298 g/mol. The first-order valence-corrected chi connectivity index (χ1v) is 8.01. The Morgan fingerprint density at radius 3 is 2.18 bits per heavy atom. The summed E-state index contributed by atoms with van der Waals surface area (Å²) in [6.07, 6.45) is 0.978. The van der Waals surface area contributed by atoms with Crippen molar-refractivity contribution >= 4 is 5.69 Å². The molecule has 1 atom stereocenters. The fourth-order valence-corrected chi connectivity index (χ4v) is 3.15. The highest BCUT2D eigenvalue weighted by Crippen LogP contribution is 2.18. The van der Waals surface area contributed by atoms with Crippen LogP contribution in [0.15, 0.2) is 54.6 Å². The Kier molecular flexibility index (Phi) is 4.74. The molecule has 0 aliphatic carbocycles. The number of hydrogen-bond acceptors (Lipinski definition) is 2. The Morgan fingerprint density at radius 1 is 0.909 bits per heavy atom. The summed E-state index contributed by atoms with van der Waals surface area (Å²) in [7, 11) is 0. The molecule has 2 aromatic rings. The maximum absolute atomic E-state index is 13.0. The zero-order chi connectivity index (χ0) is 15.4. The SMILES string of the molecule is CC(Cc1ccc(F)cc1)N1CCN(c2ccccc2)CC1. The first-order valence-electron chi connectivity index (χ1n) is 8.01. The number of benzene rings is 2. The van der Waals surface area contributed by atoms with E-state index in [1.165, 1.54) is 11.3 Å². The third kappa shape index (κ3) is 3.66. The standard InChI is InChI=1S/C19H23FN2/c1-16(15-17-7-9-18(20)10-8-17)21-11-13-22(14-12-21)19-5-3-2-4-6-19/h2-10,16H,11-15H2,1H3. The zero-order valence-electron chi connectivity index (χ0n) is 13.1. The van der Waals surface area contributed by atoms with Gasteiger partial charge in [-0.25, -0.2) is 4.39 Å². The molecule has 0 radical (unpaired) electrons. The number of nitrogens with zero attached hydrogens (tertiary/aromatic N) is 2. The van der Waals surface area contributed by atoms with Gasteiger partial charge in [0.05, 0.1) is 0 Å². The van der Waals surface area contributed by atoms with Gasteiger partial charge in [-0.05, 0) is 43.2 Å². The second-order valence-electron chi connectivity index (χ2n) is 6.04. The Hall–Kier alpha value is -1.87. The Balaban J connectivity index is 1.53. The summed E-state index contributed by atoms with van der Waals surface area (Å²) in [5.74, 6) is -0.159. The molecule has 1 aliphatic heterocycles. The van der Waals surface area contributed by atoms with Crippen molar-refractivity contribution in [3.63, 3.8) is 0 Å². The van der Waals surface area contributed by atoms with Gasteiger partial charge in [-0.15, -0.1) is 0 Å². The summed E-state index contributed by atoms with van der Waals surface area (Å²) in [5.41, 5.74) is 2.52. The van der Waals surface area contributed by atoms with E-state index in [2.05, 4.69) is 47.1 Å². The molecule has 1 heterocycles. The normalized spacial score (nSPS) is 17.5. The van der Waals surface area contributed by atoms with Crippen molar-refractivity contribution in [2.24, 2.45) is 0 Å². The minimum atomic E-state index is -0.159. The quantitative estimate of drug-likeness (QED) is 0.851. The highest BCUT2D eigenvalue weighted by atomic mass is 19.1. The van der Waals surface area contributed by atoms with E-state index in [1.54, 1.807) is 12.1 Å². The minimum absolute atomic E-state index is 0.159. The molecule has 2 aromatic carbocycles. The van der Waals surface area contributed by atoms with E-state index < -0.39 is 0 Å². The van der Waals surface area contributed by atoms with Crippen LogP contribution in [0.2, 0.25) is 0 Å². The summed E-state index contributed by atoms with van der Waals surface area (Å²) in [5, 5.41) is 0. The van der Waals surface area contributed by atoms with Crippen molar-refractivity contribution in [3.05, 3.63) is 66.0 Å². The number of para-hydroxylation sites is 1. The van der Waals surface area contributed by atoms with Gasteiger partial charge < -0.3 is 4.90 Å². The van der Waals surface area contributed by atoms with Gasteiger partial charge in [0.25, 0.3) is 0 Å². The largest absolute Gasteiger partial charge is 0.369 e. The van der Waals surface area contributed by atoms with Crippen LogP contribution in [0.25, 0.3) is 0 Å². The van der Waals surface area contributed by atoms with Gasteiger partial charge in [0.15, 0.2) is 0 Å². The lowest BCUT2D eigenvalue weighted by Gasteiger charge is -2.39. The van der Waals surface area contributed by atoms with Gasteiger partial charge >= 0.3 is 0 Å². The van der Waals surface area contributed by atoms with Crippen molar-refractivity contribution in [2.75, 3.05) is 31.1 Å². The average Bonchev–Trinajstić information content (AvgIpc) is 2.58. The van der Waals surface area contributed by atoms with Crippen LogP contribution < -0.4 is 4.90 Å². The van der Waals surface area contributed by atoms with E-state index in [0.717, 1.165) is 32.6 Å². The fourth-order valence-electron chi connectivity index (χ4n) is 3.15. The summed E-state index contributed by atoms with van der Waals surface area (Å²) in [6.45, 7) is 6.56. The molecule has 1 aliphatic rings. The third-order valence-electron chi connectivity index (χ3n) is 4.50. The lowest BCUT2D eigenvalue weighted by Crippen LogP contribution is -2.50. The molecular formula is C19H23FN2. The predicted molar refractivity (Wildman–Crippen MR) is 89.8 cm³/mol. The molecule has 0 amide bonds. The molecule has 0 bridgehead atoms. The van der Waals surface area contributed by atoms with Crippen LogP contribution in [0.3, 0.4) is 0 Å². The van der Waals surface area contributed by atoms with Crippen LogP contribution in [-0.2, 0) is 6.42 Å². The maximum atomic E-state index is 13.0. The molecule has 0 N–H and O–H groups in total. The molecule has 0 aromatic heterocycles. The number of anilines is 1. The van der Waals surface area contributed by atoms with Gasteiger partial charge in [-0.1, -0.05) is 30.3 Å². The summed E-state index contributed by atoms with van der Waals surface area (Å²) >= 11 is 0. The van der Waals surface area contributed by atoms with Gasteiger partial charge in [0.2, 0.25) is 0 Å². The number of halogens is 1. The minimum Gasteiger partial charge on any atom is -0.369 e. The molecule has 2 nitrogen and oxygen atoms in total. The van der Waals surface area contributed by atoms with Crippen molar-refractivity contribution in [1.82, 2.24) is 4.90 Å². The summed E-state index contributed by atoms with van der Waals surface area (Å²) in [6, 6.07) is 18.0. The second-order valence-corrected chi connectivity index (χ2v) is 6.04.